The molecule has 3 N–H and O–H groups in total. The standard InChI is InChI=1S/C18H30N4O2/c1-4-19-18(20-11-8-12-24-14-15(2)3)21-13-17(23)22-16-9-6-5-7-10-16/h5-7,9-10,15H,4,8,11-14H2,1-3H3,(H,22,23)(H2,19,20,21). The maximum atomic E-state index is 11.9. The third-order valence-corrected chi connectivity index (χ3v) is 2.99. The molecule has 0 bridgehead atoms. The molecule has 6 heteroatoms. The number of anilines is 1. The molecule has 1 aromatic carbocycles. The number of guanidine groups is 1. The van der Waals surface area contributed by atoms with Crippen LogP contribution in [0.25, 0.3) is 0 Å². The molecule has 0 aliphatic carbocycles. The first-order valence-corrected chi connectivity index (χ1v) is 8.56. The van der Waals surface area contributed by atoms with E-state index in [4.69, 9.17) is 4.74 Å². The Morgan fingerprint density at radius 3 is 2.62 bits per heavy atom. The van der Waals surface area contributed by atoms with Crippen molar-refractivity contribution in [3.8, 4) is 0 Å². The molecule has 0 aromatic heterocycles. The Labute approximate surface area is 145 Å². The van der Waals surface area contributed by atoms with E-state index in [-0.39, 0.29) is 12.5 Å². The number of nitrogens with zero attached hydrogens (tertiary/aromatic N) is 1. The van der Waals surface area contributed by atoms with Crippen LogP contribution >= 0.6 is 0 Å². The number of aliphatic imine (C=N–C) groups is 1. The fourth-order valence-electron chi connectivity index (χ4n) is 1.91. The highest BCUT2D eigenvalue weighted by atomic mass is 16.5. The van der Waals surface area contributed by atoms with E-state index in [0.717, 1.165) is 38.4 Å². The van der Waals surface area contributed by atoms with Crippen molar-refractivity contribution < 1.29 is 9.53 Å². The number of ether oxygens (including phenoxy) is 1. The van der Waals surface area contributed by atoms with Crippen LogP contribution in [0.15, 0.2) is 35.3 Å². The number of hydrogen-bond donors (Lipinski definition) is 3. The highest BCUT2D eigenvalue weighted by Gasteiger charge is 2.03. The van der Waals surface area contributed by atoms with Crippen molar-refractivity contribution in [1.29, 1.82) is 0 Å². The molecule has 1 amide bonds. The van der Waals surface area contributed by atoms with Crippen molar-refractivity contribution in [3.05, 3.63) is 30.3 Å². The molecule has 6 nitrogen and oxygen atoms in total. The van der Waals surface area contributed by atoms with Crippen molar-refractivity contribution in [2.24, 2.45) is 10.9 Å². The summed E-state index contributed by atoms with van der Waals surface area (Å²) in [5, 5.41) is 9.15. The van der Waals surface area contributed by atoms with Crippen LogP contribution in [-0.4, -0.2) is 44.7 Å². The molecule has 0 saturated heterocycles. The van der Waals surface area contributed by atoms with E-state index in [1.54, 1.807) is 0 Å². The molecule has 0 aliphatic rings. The molecule has 0 atom stereocenters. The topological polar surface area (TPSA) is 74.8 Å². The monoisotopic (exact) mass is 334 g/mol. The fourth-order valence-corrected chi connectivity index (χ4v) is 1.91. The molecular weight excluding hydrogens is 304 g/mol. The van der Waals surface area contributed by atoms with Gasteiger partial charge < -0.3 is 20.7 Å². The lowest BCUT2D eigenvalue weighted by Gasteiger charge is -2.12. The van der Waals surface area contributed by atoms with Crippen molar-refractivity contribution in [2.75, 3.05) is 38.2 Å². The van der Waals surface area contributed by atoms with Crippen LogP contribution < -0.4 is 16.0 Å². The lowest BCUT2D eigenvalue weighted by molar-refractivity contribution is -0.114. The Morgan fingerprint density at radius 2 is 1.96 bits per heavy atom. The Morgan fingerprint density at radius 1 is 1.21 bits per heavy atom. The van der Waals surface area contributed by atoms with Gasteiger partial charge >= 0.3 is 0 Å². The van der Waals surface area contributed by atoms with Crippen LogP contribution in [0.3, 0.4) is 0 Å². The molecule has 0 radical (unpaired) electrons. The minimum atomic E-state index is -0.140. The van der Waals surface area contributed by atoms with E-state index in [9.17, 15) is 4.79 Å². The van der Waals surface area contributed by atoms with Gasteiger partial charge in [0.1, 0.15) is 6.54 Å². The van der Waals surface area contributed by atoms with E-state index in [1.165, 1.54) is 0 Å². The second-order valence-electron chi connectivity index (χ2n) is 5.86. The molecule has 0 fully saturated rings. The SMILES string of the molecule is CCNC(=NCC(=O)Nc1ccccc1)NCCCOCC(C)C. The van der Waals surface area contributed by atoms with Gasteiger partial charge in [-0.25, -0.2) is 4.99 Å². The third-order valence-electron chi connectivity index (χ3n) is 2.99. The Hall–Kier alpha value is -2.08. The Kier molecular flexibility index (Phi) is 10.3. The number of nitrogens with one attached hydrogen (secondary N) is 3. The maximum Gasteiger partial charge on any atom is 0.246 e. The van der Waals surface area contributed by atoms with Gasteiger partial charge in [0.2, 0.25) is 5.91 Å². The molecule has 0 saturated carbocycles. The molecular formula is C18H30N4O2. The summed E-state index contributed by atoms with van der Waals surface area (Å²) in [6.45, 7) is 9.34. The van der Waals surface area contributed by atoms with Crippen LogP contribution in [0.1, 0.15) is 27.2 Å². The zero-order valence-electron chi connectivity index (χ0n) is 15.0. The molecule has 0 unspecified atom stereocenters. The summed E-state index contributed by atoms with van der Waals surface area (Å²) in [6.07, 6.45) is 0.896. The van der Waals surface area contributed by atoms with E-state index in [0.29, 0.717) is 11.9 Å². The number of amides is 1. The summed E-state index contributed by atoms with van der Waals surface area (Å²) >= 11 is 0. The van der Waals surface area contributed by atoms with Gasteiger partial charge in [-0.05, 0) is 31.4 Å². The predicted octanol–water partition coefficient (Wildman–Crippen LogP) is 2.24. The van der Waals surface area contributed by atoms with E-state index in [2.05, 4.69) is 34.8 Å². The Bertz CT molecular complexity index is 489. The predicted molar refractivity (Wildman–Crippen MR) is 99.3 cm³/mol. The van der Waals surface area contributed by atoms with Gasteiger partial charge in [0.15, 0.2) is 5.96 Å². The zero-order chi connectivity index (χ0) is 17.6. The first kappa shape index (κ1) is 20.0. The van der Waals surface area contributed by atoms with Crippen molar-refractivity contribution in [1.82, 2.24) is 10.6 Å². The first-order chi connectivity index (χ1) is 11.6. The first-order valence-electron chi connectivity index (χ1n) is 8.56. The van der Waals surface area contributed by atoms with Crippen LogP contribution in [0.5, 0.6) is 0 Å². The second-order valence-corrected chi connectivity index (χ2v) is 5.86. The summed E-state index contributed by atoms with van der Waals surface area (Å²) in [7, 11) is 0. The lowest BCUT2D eigenvalue weighted by Crippen LogP contribution is -2.38. The van der Waals surface area contributed by atoms with Crippen LogP contribution in [0.4, 0.5) is 5.69 Å². The van der Waals surface area contributed by atoms with Crippen molar-refractivity contribution in [3.63, 3.8) is 0 Å². The molecule has 134 valence electrons. The van der Waals surface area contributed by atoms with Crippen molar-refractivity contribution in [2.45, 2.75) is 27.2 Å². The van der Waals surface area contributed by atoms with E-state index < -0.39 is 0 Å². The summed E-state index contributed by atoms with van der Waals surface area (Å²) in [5.74, 6) is 1.06. The number of hydrogen-bond acceptors (Lipinski definition) is 3. The number of para-hydroxylation sites is 1. The van der Waals surface area contributed by atoms with Gasteiger partial charge in [-0.1, -0.05) is 32.0 Å². The van der Waals surface area contributed by atoms with Gasteiger partial charge in [-0.15, -0.1) is 0 Å². The minimum absolute atomic E-state index is 0.0775. The number of carbonyl (C=O) groups excluding carboxylic acids is 1. The number of rotatable bonds is 10. The van der Waals surface area contributed by atoms with E-state index in [1.807, 2.05) is 37.3 Å². The average Bonchev–Trinajstić information content (AvgIpc) is 2.56. The van der Waals surface area contributed by atoms with Gasteiger partial charge in [0.25, 0.3) is 0 Å². The lowest BCUT2D eigenvalue weighted by atomic mass is 10.2. The fraction of sp³-hybridized carbons (Fsp3) is 0.556. The normalized spacial score (nSPS) is 11.4. The molecule has 1 aromatic rings. The molecule has 0 heterocycles. The highest BCUT2D eigenvalue weighted by Crippen LogP contribution is 2.04. The summed E-state index contributed by atoms with van der Waals surface area (Å²) in [6, 6.07) is 9.37. The summed E-state index contributed by atoms with van der Waals surface area (Å²) < 4.78 is 5.54. The summed E-state index contributed by atoms with van der Waals surface area (Å²) in [4.78, 5) is 16.2. The van der Waals surface area contributed by atoms with E-state index >= 15 is 0 Å². The molecule has 0 aliphatic heterocycles. The van der Waals surface area contributed by atoms with Gasteiger partial charge in [0, 0.05) is 32.0 Å². The molecule has 1 rings (SSSR count). The quantitative estimate of drug-likeness (QED) is 0.348. The van der Waals surface area contributed by atoms with Crippen LogP contribution in [0, 0.1) is 5.92 Å². The average molecular weight is 334 g/mol. The van der Waals surface area contributed by atoms with Crippen LogP contribution in [-0.2, 0) is 9.53 Å². The smallest absolute Gasteiger partial charge is 0.246 e. The zero-order valence-corrected chi connectivity index (χ0v) is 15.0. The van der Waals surface area contributed by atoms with Crippen LogP contribution in [0.2, 0.25) is 0 Å². The second kappa shape index (κ2) is 12.4. The molecule has 24 heavy (non-hydrogen) atoms. The largest absolute Gasteiger partial charge is 0.381 e. The number of benzene rings is 1. The third kappa shape index (κ3) is 9.84. The minimum Gasteiger partial charge on any atom is -0.381 e. The Balaban J connectivity index is 2.29. The van der Waals surface area contributed by atoms with Gasteiger partial charge in [0.05, 0.1) is 0 Å². The van der Waals surface area contributed by atoms with Crippen molar-refractivity contribution >= 4 is 17.6 Å². The summed E-state index contributed by atoms with van der Waals surface area (Å²) in [5.41, 5.74) is 0.776. The number of carbonyl (C=O) groups is 1. The van der Waals surface area contributed by atoms with Gasteiger partial charge in [-0.2, -0.15) is 0 Å². The highest BCUT2D eigenvalue weighted by molar-refractivity contribution is 5.94. The van der Waals surface area contributed by atoms with Gasteiger partial charge in [-0.3, -0.25) is 4.79 Å². The maximum absolute atomic E-state index is 11.9. The molecule has 0 spiro atoms.